The highest BCUT2D eigenvalue weighted by molar-refractivity contribution is 6.65. The van der Waals surface area contributed by atoms with Crippen LogP contribution >= 0.6 is 0 Å². The summed E-state index contributed by atoms with van der Waals surface area (Å²) < 4.78 is 0. The Bertz CT molecular complexity index is 594. The molecule has 1 aliphatic heterocycles. The van der Waals surface area contributed by atoms with E-state index in [1.807, 2.05) is 0 Å². The van der Waals surface area contributed by atoms with E-state index in [0.29, 0.717) is 11.4 Å². The van der Waals surface area contributed by atoms with Crippen LogP contribution in [0.4, 0.5) is 11.4 Å². The van der Waals surface area contributed by atoms with Crippen LogP contribution in [0.5, 0.6) is 0 Å². The van der Waals surface area contributed by atoms with E-state index in [9.17, 15) is 14.4 Å². The van der Waals surface area contributed by atoms with Gasteiger partial charge < -0.3 is 10.4 Å². The fourth-order valence-corrected chi connectivity index (χ4v) is 1.68. The number of carbonyl (C=O) groups excluding carboxylic acids is 2. The van der Waals surface area contributed by atoms with E-state index >= 15 is 0 Å². The van der Waals surface area contributed by atoms with E-state index in [0.717, 1.165) is 0 Å². The van der Waals surface area contributed by atoms with Gasteiger partial charge in [-0.05, 0) is 18.2 Å². The number of hydrazone groups is 1. The highest BCUT2D eigenvalue weighted by Crippen LogP contribution is 2.22. The Morgan fingerprint density at radius 2 is 2.16 bits per heavy atom. The molecule has 7 heteroatoms. The zero-order valence-corrected chi connectivity index (χ0v) is 10.1. The maximum absolute atomic E-state index is 11.4. The van der Waals surface area contributed by atoms with Crippen LogP contribution in [-0.4, -0.2) is 35.0 Å². The lowest BCUT2D eigenvalue weighted by atomic mass is 10.2. The number of carbonyl (C=O) groups is 3. The van der Waals surface area contributed by atoms with Crippen LogP contribution in [0.15, 0.2) is 29.4 Å². The molecule has 0 saturated carbocycles. The maximum atomic E-state index is 11.4. The van der Waals surface area contributed by atoms with Crippen molar-refractivity contribution in [2.45, 2.75) is 6.92 Å². The SMILES string of the molecule is CC(=O)Nc1cccc(N2CC(=O)C(C(=O)O)=N2)c1. The topological polar surface area (TPSA) is 99.1 Å². The summed E-state index contributed by atoms with van der Waals surface area (Å²) in [6, 6.07) is 6.65. The highest BCUT2D eigenvalue weighted by Gasteiger charge is 2.29. The van der Waals surface area contributed by atoms with Gasteiger partial charge in [-0.1, -0.05) is 6.07 Å². The summed E-state index contributed by atoms with van der Waals surface area (Å²) in [4.78, 5) is 33.2. The van der Waals surface area contributed by atoms with E-state index < -0.39 is 17.5 Å². The molecule has 0 bridgehead atoms. The molecule has 0 saturated heterocycles. The minimum atomic E-state index is -1.34. The molecule has 0 aliphatic carbocycles. The van der Waals surface area contributed by atoms with Crippen molar-refractivity contribution in [1.82, 2.24) is 0 Å². The first-order valence-electron chi connectivity index (χ1n) is 5.47. The van der Waals surface area contributed by atoms with Crippen LogP contribution in [0.25, 0.3) is 0 Å². The second-order valence-corrected chi connectivity index (χ2v) is 3.97. The Hall–Kier alpha value is -2.70. The minimum absolute atomic E-state index is 0.120. The Labute approximate surface area is 108 Å². The number of nitrogens with one attached hydrogen (secondary N) is 1. The third-order valence-electron chi connectivity index (χ3n) is 2.45. The Morgan fingerprint density at radius 1 is 1.42 bits per heavy atom. The van der Waals surface area contributed by atoms with Gasteiger partial charge in [-0.25, -0.2) is 4.79 Å². The number of benzene rings is 1. The molecule has 2 N–H and O–H groups in total. The fourth-order valence-electron chi connectivity index (χ4n) is 1.68. The van der Waals surface area contributed by atoms with Crippen molar-refractivity contribution >= 4 is 34.7 Å². The molecular formula is C12H11N3O4. The Kier molecular flexibility index (Phi) is 3.28. The number of Topliss-reactive ketones (excluding diaryl/α,β-unsaturated/α-hetero) is 1. The second kappa shape index (κ2) is 4.89. The van der Waals surface area contributed by atoms with E-state index in [4.69, 9.17) is 5.11 Å². The lowest BCUT2D eigenvalue weighted by Crippen LogP contribution is -2.23. The monoisotopic (exact) mass is 261 g/mol. The third kappa shape index (κ3) is 2.76. The average molecular weight is 261 g/mol. The van der Waals surface area contributed by atoms with E-state index in [2.05, 4.69) is 10.4 Å². The highest BCUT2D eigenvalue weighted by atomic mass is 16.4. The number of anilines is 2. The van der Waals surface area contributed by atoms with Crippen LogP contribution < -0.4 is 10.3 Å². The molecule has 0 fully saturated rings. The van der Waals surface area contributed by atoms with Crippen LogP contribution in [0.3, 0.4) is 0 Å². The van der Waals surface area contributed by atoms with Gasteiger partial charge in [-0.2, -0.15) is 5.10 Å². The first-order chi connectivity index (χ1) is 8.97. The number of hydrogen-bond acceptors (Lipinski definition) is 5. The molecule has 0 unspecified atom stereocenters. The zero-order valence-electron chi connectivity index (χ0n) is 10.1. The lowest BCUT2D eigenvalue weighted by molar-refractivity contribution is -0.130. The predicted octanol–water partition coefficient (Wildman–Crippen LogP) is 0.475. The summed E-state index contributed by atoms with van der Waals surface area (Å²) in [6.45, 7) is 1.26. The van der Waals surface area contributed by atoms with Crippen molar-refractivity contribution < 1.29 is 19.5 Å². The number of rotatable bonds is 3. The summed E-state index contributed by atoms with van der Waals surface area (Å²) in [7, 11) is 0. The van der Waals surface area contributed by atoms with Crippen LogP contribution in [0.1, 0.15) is 6.92 Å². The van der Waals surface area contributed by atoms with Gasteiger partial charge in [0.2, 0.25) is 17.4 Å². The maximum Gasteiger partial charge on any atom is 0.360 e. The lowest BCUT2D eigenvalue weighted by Gasteiger charge is -2.13. The van der Waals surface area contributed by atoms with Gasteiger partial charge in [0.15, 0.2) is 0 Å². The predicted molar refractivity (Wildman–Crippen MR) is 68.2 cm³/mol. The van der Waals surface area contributed by atoms with E-state index in [-0.39, 0.29) is 12.5 Å². The number of nitrogens with zero attached hydrogens (tertiary/aromatic N) is 2. The average Bonchev–Trinajstić information content (AvgIpc) is 2.71. The number of carboxylic acid groups (broad SMARTS) is 1. The minimum Gasteiger partial charge on any atom is -0.476 e. The molecule has 1 amide bonds. The van der Waals surface area contributed by atoms with Crippen molar-refractivity contribution in [3.8, 4) is 0 Å². The normalized spacial score (nSPS) is 14.3. The summed E-state index contributed by atoms with van der Waals surface area (Å²) >= 11 is 0. The molecule has 0 aromatic heterocycles. The zero-order chi connectivity index (χ0) is 14.0. The number of carboxylic acids is 1. The van der Waals surface area contributed by atoms with Gasteiger partial charge in [0, 0.05) is 12.6 Å². The second-order valence-electron chi connectivity index (χ2n) is 3.97. The van der Waals surface area contributed by atoms with Gasteiger partial charge in [-0.15, -0.1) is 0 Å². The quantitative estimate of drug-likeness (QED) is 0.824. The summed E-state index contributed by atoms with van der Waals surface area (Å²) in [5, 5.41) is 16.4. The van der Waals surface area contributed by atoms with Crippen LogP contribution in [0, 0.1) is 0 Å². The largest absolute Gasteiger partial charge is 0.476 e. The van der Waals surface area contributed by atoms with Crippen LogP contribution in [-0.2, 0) is 14.4 Å². The summed E-state index contributed by atoms with van der Waals surface area (Å²) in [5.74, 6) is -2.10. The van der Waals surface area contributed by atoms with Crippen molar-refractivity contribution in [2.24, 2.45) is 5.10 Å². The van der Waals surface area contributed by atoms with Gasteiger partial charge in [0.05, 0.1) is 5.69 Å². The first kappa shape index (κ1) is 12.7. The molecule has 1 aromatic carbocycles. The number of aliphatic carboxylic acids is 1. The standard InChI is InChI=1S/C12H11N3O4/c1-7(16)13-8-3-2-4-9(5-8)15-6-10(17)11(14-15)12(18)19/h2-5H,6H2,1H3,(H,13,16)(H,18,19). The Balaban J connectivity index is 2.26. The van der Waals surface area contributed by atoms with Gasteiger partial charge in [0.25, 0.3) is 0 Å². The smallest absolute Gasteiger partial charge is 0.360 e. The van der Waals surface area contributed by atoms with Crippen LogP contribution in [0.2, 0.25) is 0 Å². The third-order valence-corrected chi connectivity index (χ3v) is 2.45. The van der Waals surface area contributed by atoms with Crippen molar-refractivity contribution in [1.29, 1.82) is 0 Å². The molecule has 98 valence electrons. The number of hydrogen-bond donors (Lipinski definition) is 2. The molecule has 2 rings (SSSR count). The van der Waals surface area contributed by atoms with Gasteiger partial charge in [-0.3, -0.25) is 14.6 Å². The summed E-state index contributed by atoms with van der Waals surface area (Å²) in [5.41, 5.74) is 0.609. The van der Waals surface area contributed by atoms with Gasteiger partial charge >= 0.3 is 5.97 Å². The molecule has 0 radical (unpaired) electrons. The molecule has 1 heterocycles. The van der Waals surface area contributed by atoms with Crippen molar-refractivity contribution in [3.63, 3.8) is 0 Å². The van der Waals surface area contributed by atoms with E-state index in [1.54, 1.807) is 24.3 Å². The Morgan fingerprint density at radius 3 is 2.74 bits per heavy atom. The summed E-state index contributed by atoms with van der Waals surface area (Å²) in [6.07, 6.45) is 0. The molecular weight excluding hydrogens is 250 g/mol. The fraction of sp³-hybridized carbons (Fsp3) is 0.167. The molecule has 1 aliphatic rings. The van der Waals surface area contributed by atoms with Crippen molar-refractivity contribution in [2.75, 3.05) is 16.9 Å². The molecule has 0 atom stereocenters. The molecule has 1 aromatic rings. The molecule has 7 nitrogen and oxygen atoms in total. The number of amides is 1. The van der Waals surface area contributed by atoms with Crippen molar-refractivity contribution in [3.05, 3.63) is 24.3 Å². The van der Waals surface area contributed by atoms with Gasteiger partial charge in [0.1, 0.15) is 6.54 Å². The van der Waals surface area contributed by atoms with E-state index in [1.165, 1.54) is 11.9 Å². The first-order valence-corrected chi connectivity index (χ1v) is 5.47. The number of ketones is 1. The molecule has 0 spiro atoms. The molecule has 19 heavy (non-hydrogen) atoms.